The highest BCUT2D eigenvalue weighted by atomic mass is 19.3. The molecule has 1 amide bonds. The van der Waals surface area contributed by atoms with Gasteiger partial charge in [-0.1, -0.05) is 25.1 Å². The normalized spacial score (nSPS) is 10.8. The summed E-state index contributed by atoms with van der Waals surface area (Å²) in [5.74, 6) is 0.500. The summed E-state index contributed by atoms with van der Waals surface area (Å²) >= 11 is 0. The van der Waals surface area contributed by atoms with Crippen LogP contribution in [0.3, 0.4) is 0 Å². The second-order valence-corrected chi connectivity index (χ2v) is 6.38. The number of nitrogens with one attached hydrogen (secondary N) is 1. The van der Waals surface area contributed by atoms with Gasteiger partial charge < -0.3 is 19.2 Å². The van der Waals surface area contributed by atoms with Crippen LogP contribution in [0.4, 0.5) is 14.5 Å². The van der Waals surface area contributed by atoms with Crippen molar-refractivity contribution in [2.24, 2.45) is 0 Å². The molecule has 0 aliphatic heterocycles. The highest BCUT2D eigenvalue weighted by Crippen LogP contribution is 2.28. The molecule has 1 heterocycles. The van der Waals surface area contributed by atoms with Crippen LogP contribution in [0.5, 0.6) is 11.5 Å². The number of furan rings is 1. The third-order valence-corrected chi connectivity index (χ3v) is 4.20. The van der Waals surface area contributed by atoms with E-state index in [0.717, 1.165) is 12.0 Å². The molecule has 1 N–H and O–H groups in total. The van der Waals surface area contributed by atoms with Gasteiger partial charge in [-0.2, -0.15) is 8.78 Å². The van der Waals surface area contributed by atoms with Gasteiger partial charge in [0.15, 0.2) is 5.76 Å². The van der Waals surface area contributed by atoms with Crippen LogP contribution in [0.2, 0.25) is 0 Å². The van der Waals surface area contributed by atoms with Crippen LogP contribution in [0.15, 0.2) is 59.0 Å². The summed E-state index contributed by atoms with van der Waals surface area (Å²) in [6.07, 6.45) is 0.946. The molecule has 3 aromatic rings. The first-order valence-corrected chi connectivity index (χ1v) is 9.12. The quantitative estimate of drug-likeness (QED) is 0.535. The molecule has 0 fully saturated rings. The van der Waals surface area contributed by atoms with E-state index in [1.807, 2.05) is 24.3 Å². The predicted octanol–water partition coefficient (Wildman–Crippen LogP) is 5.58. The van der Waals surface area contributed by atoms with E-state index in [1.54, 1.807) is 19.1 Å². The molecule has 7 heteroatoms. The second kappa shape index (κ2) is 9.23. The van der Waals surface area contributed by atoms with Crippen molar-refractivity contribution in [1.29, 1.82) is 0 Å². The van der Waals surface area contributed by atoms with Crippen LogP contribution < -0.4 is 14.8 Å². The number of carbonyl (C=O) groups is 1. The lowest BCUT2D eigenvalue weighted by Gasteiger charge is -2.12. The van der Waals surface area contributed by atoms with Crippen molar-refractivity contribution in [3.8, 4) is 11.5 Å². The lowest BCUT2D eigenvalue weighted by atomic mass is 10.2. The standard InChI is InChI=1S/C22H21F2NO4/c1-3-15-5-7-16(8-6-15)27-13-17-9-11-19(28-17)21(26)25-18-10-4-14(2)12-20(18)29-22(23)24/h4-12,22H,3,13H2,1-2H3,(H,25,26). The Kier molecular flexibility index (Phi) is 6.49. The van der Waals surface area contributed by atoms with Crippen molar-refractivity contribution in [1.82, 2.24) is 0 Å². The summed E-state index contributed by atoms with van der Waals surface area (Å²) in [5, 5.41) is 2.53. The SMILES string of the molecule is CCc1ccc(OCc2ccc(C(=O)Nc3ccc(C)cc3OC(F)F)o2)cc1. The largest absolute Gasteiger partial charge is 0.486 e. The molecule has 1 aromatic heterocycles. The van der Waals surface area contributed by atoms with E-state index in [4.69, 9.17) is 9.15 Å². The lowest BCUT2D eigenvalue weighted by Crippen LogP contribution is -2.13. The van der Waals surface area contributed by atoms with Crippen LogP contribution in [-0.2, 0) is 13.0 Å². The minimum Gasteiger partial charge on any atom is -0.486 e. The van der Waals surface area contributed by atoms with Crippen LogP contribution >= 0.6 is 0 Å². The van der Waals surface area contributed by atoms with Gasteiger partial charge in [-0.15, -0.1) is 0 Å². The summed E-state index contributed by atoms with van der Waals surface area (Å²) < 4.78 is 40.8. The molecule has 0 atom stereocenters. The van der Waals surface area contributed by atoms with Crippen LogP contribution in [0, 0.1) is 6.92 Å². The second-order valence-electron chi connectivity index (χ2n) is 6.38. The van der Waals surface area contributed by atoms with Gasteiger partial charge in [-0.25, -0.2) is 0 Å². The van der Waals surface area contributed by atoms with Crippen LogP contribution in [-0.4, -0.2) is 12.5 Å². The molecule has 5 nitrogen and oxygen atoms in total. The summed E-state index contributed by atoms with van der Waals surface area (Å²) in [6, 6.07) is 15.4. The first kappa shape index (κ1) is 20.4. The van der Waals surface area contributed by atoms with Gasteiger partial charge >= 0.3 is 6.61 Å². The van der Waals surface area contributed by atoms with Gasteiger partial charge in [0.1, 0.15) is 23.9 Å². The van der Waals surface area contributed by atoms with E-state index >= 15 is 0 Å². The molecule has 0 unspecified atom stereocenters. The Morgan fingerprint density at radius 3 is 2.55 bits per heavy atom. The molecule has 0 bridgehead atoms. The zero-order chi connectivity index (χ0) is 20.8. The first-order valence-electron chi connectivity index (χ1n) is 9.12. The van der Waals surface area contributed by atoms with Crippen molar-refractivity contribution in [3.05, 3.63) is 77.2 Å². The minimum atomic E-state index is -2.99. The van der Waals surface area contributed by atoms with Crippen molar-refractivity contribution < 1.29 is 27.5 Å². The number of anilines is 1. The molecule has 152 valence electrons. The number of hydrogen-bond acceptors (Lipinski definition) is 4. The van der Waals surface area contributed by atoms with E-state index in [0.29, 0.717) is 11.5 Å². The average Bonchev–Trinajstić information content (AvgIpc) is 3.17. The van der Waals surface area contributed by atoms with Gasteiger partial charge in [-0.3, -0.25) is 4.79 Å². The molecular weight excluding hydrogens is 380 g/mol. The van der Waals surface area contributed by atoms with E-state index in [2.05, 4.69) is 17.0 Å². The van der Waals surface area contributed by atoms with Crippen LogP contribution in [0.1, 0.15) is 34.4 Å². The highest BCUT2D eigenvalue weighted by molar-refractivity contribution is 6.03. The number of halogens is 2. The maximum atomic E-state index is 12.6. The summed E-state index contributed by atoms with van der Waals surface area (Å²) in [4.78, 5) is 12.4. The van der Waals surface area contributed by atoms with Crippen molar-refractivity contribution in [3.63, 3.8) is 0 Å². The van der Waals surface area contributed by atoms with Crippen LogP contribution in [0.25, 0.3) is 0 Å². The lowest BCUT2D eigenvalue weighted by molar-refractivity contribution is -0.0494. The monoisotopic (exact) mass is 401 g/mol. The number of ether oxygens (including phenoxy) is 2. The number of rotatable bonds is 8. The third kappa shape index (κ3) is 5.57. The number of aryl methyl sites for hydroxylation is 2. The zero-order valence-corrected chi connectivity index (χ0v) is 16.1. The van der Waals surface area contributed by atoms with E-state index < -0.39 is 12.5 Å². The van der Waals surface area contributed by atoms with Gasteiger partial charge in [-0.05, 0) is 60.9 Å². The molecule has 0 saturated heterocycles. The number of alkyl halides is 2. The zero-order valence-electron chi connectivity index (χ0n) is 16.1. The van der Waals surface area contributed by atoms with Gasteiger partial charge in [0.05, 0.1) is 5.69 Å². The maximum Gasteiger partial charge on any atom is 0.387 e. The third-order valence-electron chi connectivity index (χ3n) is 4.20. The van der Waals surface area contributed by atoms with E-state index in [9.17, 15) is 13.6 Å². The Hall–Kier alpha value is -3.35. The fraction of sp³-hybridized carbons (Fsp3) is 0.227. The first-order chi connectivity index (χ1) is 13.9. The van der Waals surface area contributed by atoms with Gasteiger partial charge in [0.25, 0.3) is 5.91 Å². The van der Waals surface area contributed by atoms with Crippen molar-refractivity contribution >= 4 is 11.6 Å². The van der Waals surface area contributed by atoms with Gasteiger partial charge in [0.2, 0.25) is 0 Å². The van der Waals surface area contributed by atoms with Crippen molar-refractivity contribution in [2.45, 2.75) is 33.5 Å². The maximum absolute atomic E-state index is 12.6. The molecule has 0 spiro atoms. The molecule has 0 radical (unpaired) electrons. The molecule has 0 saturated carbocycles. The smallest absolute Gasteiger partial charge is 0.387 e. The molecule has 0 aliphatic rings. The number of amides is 1. The minimum absolute atomic E-state index is 0.0357. The molecular formula is C22H21F2NO4. The molecule has 2 aromatic carbocycles. The van der Waals surface area contributed by atoms with E-state index in [-0.39, 0.29) is 23.8 Å². The van der Waals surface area contributed by atoms with E-state index in [1.165, 1.54) is 23.8 Å². The summed E-state index contributed by atoms with van der Waals surface area (Å²) in [6.45, 7) is 0.970. The average molecular weight is 401 g/mol. The Labute approximate surface area is 167 Å². The molecule has 29 heavy (non-hydrogen) atoms. The Morgan fingerprint density at radius 1 is 1.10 bits per heavy atom. The highest BCUT2D eigenvalue weighted by Gasteiger charge is 2.16. The molecule has 3 rings (SSSR count). The Morgan fingerprint density at radius 2 is 1.86 bits per heavy atom. The Balaban J connectivity index is 1.63. The Bertz CT molecular complexity index is 967. The number of carbonyl (C=O) groups excluding carboxylic acids is 1. The molecule has 0 aliphatic carbocycles. The van der Waals surface area contributed by atoms with Gasteiger partial charge in [0, 0.05) is 0 Å². The number of hydrogen-bond donors (Lipinski definition) is 1. The predicted molar refractivity (Wildman–Crippen MR) is 105 cm³/mol. The summed E-state index contributed by atoms with van der Waals surface area (Å²) in [5.41, 5.74) is 2.06. The van der Waals surface area contributed by atoms with Crippen molar-refractivity contribution in [2.75, 3.05) is 5.32 Å². The fourth-order valence-electron chi connectivity index (χ4n) is 2.66. The number of benzene rings is 2. The fourth-order valence-corrected chi connectivity index (χ4v) is 2.66. The summed E-state index contributed by atoms with van der Waals surface area (Å²) in [7, 11) is 0. The topological polar surface area (TPSA) is 60.7 Å².